The van der Waals surface area contributed by atoms with Crippen molar-refractivity contribution in [3.8, 4) is 0 Å². The molecule has 0 aromatic heterocycles. The van der Waals surface area contributed by atoms with Gasteiger partial charge in [0, 0.05) is 18.8 Å². The second-order valence-electron chi connectivity index (χ2n) is 5.09. The third-order valence-electron chi connectivity index (χ3n) is 3.51. The second kappa shape index (κ2) is 10.1. The van der Waals surface area contributed by atoms with Crippen molar-refractivity contribution >= 4 is 45.6 Å². The molecule has 0 saturated carbocycles. The molecule has 0 atom stereocenters. The maximum absolute atomic E-state index is 12.0. The number of halogens is 1. The number of nitrogens with two attached hydrogens (primary N) is 1. The molecule has 0 heterocycles. The van der Waals surface area contributed by atoms with Gasteiger partial charge in [0.25, 0.3) is 0 Å². The summed E-state index contributed by atoms with van der Waals surface area (Å²) < 4.78 is 25.4. The molecule has 1 aromatic rings. The molecule has 3 N–H and O–H groups in total. The Labute approximate surface area is 156 Å². The monoisotopic (exact) mass is 454 g/mol. The Bertz CT molecular complexity index is 628. The zero-order valence-electron chi connectivity index (χ0n) is 14.2. The van der Waals surface area contributed by atoms with E-state index in [0.29, 0.717) is 13.1 Å². The lowest BCUT2D eigenvalue weighted by atomic mass is 10.1. The maximum atomic E-state index is 12.0. The number of hydrogen-bond donors (Lipinski definition) is 2. The van der Waals surface area contributed by atoms with Gasteiger partial charge in [0.1, 0.15) is 0 Å². The van der Waals surface area contributed by atoms with Crippen LogP contribution in [0.15, 0.2) is 23.2 Å². The van der Waals surface area contributed by atoms with E-state index < -0.39 is 10.0 Å². The molecule has 0 saturated heterocycles. The van der Waals surface area contributed by atoms with Gasteiger partial charge in [-0.15, -0.1) is 24.0 Å². The number of aliphatic imine (C=N–C) groups is 1. The summed E-state index contributed by atoms with van der Waals surface area (Å²) in [5.74, 6) is 0.183. The molecule has 0 aliphatic heterocycles. The van der Waals surface area contributed by atoms with Crippen LogP contribution in [0.4, 0.5) is 5.69 Å². The maximum Gasteiger partial charge on any atom is 0.215 e. The largest absolute Gasteiger partial charge is 0.370 e. The van der Waals surface area contributed by atoms with Gasteiger partial charge in [-0.1, -0.05) is 19.9 Å². The fourth-order valence-corrected chi connectivity index (χ4v) is 3.40. The SMILES string of the molecule is CCN(CC)S(=O)(=O)CCN=C(N)Nc1ccc(C)c(C)c1.I. The molecule has 0 spiro atoms. The molecular formula is C15H27IN4O2S. The average molecular weight is 454 g/mol. The van der Waals surface area contributed by atoms with E-state index in [0.717, 1.165) is 11.3 Å². The van der Waals surface area contributed by atoms with Gasteiger partial charge in [-0.05, 0) is 37.1 Å². The zero-order valence-corrected chi connectivity index (χ0v) is 17.3. The van der Waals surface area contributed by atoms with Gasteiger partial charge in [0.05, 0.1) is 12.3 Å². The van der Waals surface area contributed by atoms with Crippen LogP contribution in [0.25, 0.3) is 0 Å². The zero-order chi connectivity index (χ0) is 16.8. The van der Waals surface area contributed by atoms with Crippen molar-refractivity contribution in [1.82, 2.24) is 4.31 Å². The van der Waals surface area contributed by atoms with Gasteiger partial charge in [-0.25, -0.2) is 12.7 Å². The molecule has 1 rings (SSSR count). The molecule has 1 aromatic carbocycles. The molecule has 0 fully saturated rings. The first-order valence-electron chi connectivity index (χ1n) is 7.42. The Balaban J connectivity index is 0.00000484. The molecule has 0 bridgehead atoms. The van der Waals surface area contributed by atoms with Gasteiger partial charge >= 0.3 is 0 Å². The van der Waals surface area contributed by atoms with Crippen LogP contribution in [0.3, 0.4) is 0 Å². The average Bonchev–Trinajstić information content (AvgIpc) is 2.43. The number of guanidine groups is 1. The standard InChI is InChI=1S/C15H26N4O2S.HI/c1-5-19(6-2)22(20,21)10-9-17-15(16)18-14-8-7-12(3)13(4)11-14;/h7-8,11H,5-6,9-10H2,1-4H3,(H3,16,17,18);1H. The number of benzene rings is 1. The van der Waals surface area contributed by atoms with Crippen molar-refractivity contribution < 1.29 is 8.42 Å². The summed E-state index contributed by atoms with van der Waals surface area (Å²) in [5, 5.41) is 2.97. The molecule has 0 aliphatic rings. The quantitative estimate of drug-likeness (QED) is 0.376. The predicted octanol–water partition coefficient (Wildman–Crippen LogP) is 2.32. The van der Waals surface area contributed by atoms with Crippen LogP contribution in [0.5, 0.6) is 0 Å². The molecule has 0 unspecified atom stereocenters. The summed E-state index contributed by atoms with van der Waals surface area (Å²) in [4.78, 5) is 4.09. The van der Waals surface area contributed by atoms with Gasteiger partial charge in [0.2, 0.25) is 10.0 Å². The summed E-state index contributed by atoms with van der Waals surface area (Å²) in [7, 11) is -3.26. The number of rotatable bonds is 7. The van der Waals surface area contributed by atoms with Crippen LogP contribution in [0.1, 0.15) is 25.0 Å². The van der Waals surface area contributed by atoms with E-state index in [1.807, 2.05) is 45.9 Å². The third kappa shape index (κ3) is 7.05. The van der Waals surface area contributed by atoms with Crippen molar-refractivity contribution in [1.29, 1.82) is 0 Å². The van der Waals surface area contributed by atoms with E-state index >= 15 is 0 Å². The summed E-state index contributed by atoms with van der Waals surface area (Å²) in [6.45, 7) is 8.78. The summed E-state index contributed by atoms with van der Waals surface area (Å²) in [6.07, 6.45) is 0. The van der Waals surface area contributed by atoms with Crippen LogP contribution in [-0.4, -0.2) is 44.1 Å². The van der Waals surface area contributed by atoms with Gasteiger partial charge in [-0.2, -0.15) is 0 Å². The van der Waals surface area contributed by atoms with Gasteiger partial charge < -0.3 is 11.1 Å². The third-order valence-corrected chi connectivity index (χ3v) is 5.51. The fraction of sp³-hybridized carbons (Fsp3) is 0.533. The Morgan fingerprint density at radius 2 is 1.83 bits per heavy atom. The highest BCUT2D eigenvalue weighted by molar-refractivity contribution is 14.0. The summed E-state index contributed by atoms with van der Waals surface area (Å²) >= 11 is 0. The molecule has 8 heteroatoms. The molecule has 23 heavy (non-hydrogen) atoms. The topological polar surface area (TPSA) is 87.8 Å². The van der Waals surface area contributed by atoms with Gasteiger partial charge in [-0.3, -0.25) is 4.99 Å². The van der Waals surface area contributed by atoms with Crippen molar-refractivity contribution in [3.63, 3.8) is 0 Å². The number of aryl methyl sites for hydroxylation is 2. The first kappa shape index (κ1) is 22.1. The highest BCUT2D eigenvalue weighted by Crippen LogP contribution is 2.13. The van der Waals surface area contributed by atoms with Crippen LogP contribution in [-0.2, 0) is 10.0 Å². The van der Waals surface area contributed by atoms with Crippen molar-refractivity contribution in [2.24, 2.45) is 10.7 Å². The first-order valence-corrected chi connectivity index (χ1v) is 9.03. The molecule has 6 nitrogen and oxygen atoms in total. The predicted molar refractivity (Wildman–Crippen MR) is 108 cm³/mol. The second-order valence-corrected chi connectivity index (χ2v) is 7.18. The van der Waals surface area contributed by atoms with E-state index in [4.69, 9.17) is 5.73 Å². The highest BCUT2D eigenvalue weighted by Gasteiger charge is 2.17. The van der Waals surface area contributed by atoms with E-state index in [1.165, 1.54) is 9.87 Å². The minimum atomic E-state index is -3.26. The number of nitrogens with one attached hydrogen (secondary N) is 1. The van der Waals surface area contributed by atoms with Gasteiger partial charge in [0.15, 0.2) is 5.96 Å². The molecule has 0 aliphatic carbocycles. The van der Waals surface area contributed by atoms with Crippen molar-refractivity contribution in [2.45, 2.75) is 27.7 Å². The fourth-order valence-electron chi connectivity index (χ4n) is 2.03. The van der Waals surface area contributed by atoms with Crippen LogP contribution in [0, 0.1) is 13.8 Å². The smallest absolute Gasteiger partial charge is 0.215 e. The summed E-state index contributed by atoms with van der Waals surface area (Å²) in [6, 6.07) is 5.89. The number of hydrogen-bond acceptors (Lipinski definition) is 3. The molecular weight excluding hydrogens is 427 g/mol. The Morgan fingerprint density at radius 1 is 1.22 bits per heavy atom. The van der Waals surface area contributed by atoms with Crippen LogP contribution in [0.2, 0.25) is 0 Å². The van der Waals surface area contributed by atoms with Crippen molar-refractivity contribution in [3.05, 3.63) is 29.3 Å². The molecule has 0 amide bonds. The van der Waals surface area contributed by atoms with E-state index in [1.54, 1.807) is 0 Å². The highest BCUT2D eigenvalue weighted by atomic mass is 127. The molecule has 132 valence electrons. The minimum absolute atomic E-state index is 0. The normalized spacial score (nSPS) is 12.1. The minimum Gasteiger partial charge on any atom is -0.370 e. The Morgan fingerprint density at radius 3 is 2.35 bits per heavy atom. The number of anilines is 1. The van der Waals surface area contributed by atoms with E-state index in [-0.39, 0.29) is 42.2 Å². The first-order chi connectivity index (χ1) is 10.3. The van der Waals surface area contributed by atoms with Crippen molar-refractivity contribution in [2.75, 3.05) is 30.7 Å². The molecule has 0 radical (unpaired) electrons. The van der Waals surface area contributed by atoms with Crippen LogP contribution >= 0.6 is 24.0 Å². The lowest BCUT2D eigenvalue weighted by Crippen LogP contribution is -2.34. The van der Waals surface area contributed by atoms with Crippen LogP contribution < -0.4 is 11.1 Å². The Hall–Kier alpha value is -0.870. The lowest BCUT2D eigenvalue weighted by Gasteiger charge is -2.17. The Kier molecular flexibility index (Phi) is 9.71. The summed E-state index contributed by atoms with van der Waals surface area (Å²) in [5.41, 5.74) is 8.99. The lowest BCUT2D eigenvalue weighted by molar-refractivity contribution is 0.445. The van der Waals surface area contributed by atoms with E-state index in [2.05, 4.69) is 10.3 Å². The number of nitrogens with zero attached hydrogens (tertiary/aromatic N) is 2. The number of sulfonamides is 1. The van der Waals surface area contributed by atoms with E-state index in [9.17, 15) is 8.42 Å².